The van der Waals surface area contributed by atoms with Crippen LogP contribution in [0.25, 0.3) is 0 Å². The number of hydrogen-bond donors (Lipinski definition) is 1. The maximum absolute atomic E-state index is 12.3. The van der Waals surface area contributed by atoms with E-state index < -0.39 is 11.5 Å². The van der Waals surface area contributed by atoms with Crippen molar-refractivity contribution in [2.24, 2.45) is 10.8 Å². The summed E-state index contributed by atoms with van der Waals surface area (Å²) in [5, 5.41) is 10.3. The molecule has 0 aromatic rings. The Bertz CT molecular complexity index is 291. The molecule has 0 heterocycles. The minimum absolute atomic E-state index is 0.208. The second kappa shape index (κ2) is 7.68. The molecule has 0 radical (unpaired) electrons. The van der Waals surface area contributed by atoms with Gasteiger partial charge in [-0.3, -0.25) is 4.79 Å². The summed E-state index contributed by atoms with van der Waals surface area (Å²) >= 11 is 0. The van der Waals surface area contributed by atoms with Crippen LogP contribution in [-0.2, 0) is 9.53 Å². The predicted molar refractivity (Wildman–Crippen MR) is 78.9 cm³/mol. The van der Waals surface area contributed by atoms with Gasteiger partial charge >= 0.3 is 5.97 Å². The highest BCUT2D eigenvalue weighted by Crippen LogP contribution is 2.39. The predicted octanol–water partition coefficient (Wildman–Crippen LogP) is 3.71. The molecule has 0 spiro atoms. The third-order valence-corrected chi connectivity index (χ3v) is 3.56. The largest absolute Gasteiger partial charge is 0.466 e. The van der Waals surface area contributed by atoms with Gasteiger partial charge in [-0.1, -0.05) is 40.2 Å². The fourth-order valence-electron chi connectivity index (χ4n) is 2.27. The maximum Gasteiger partial charge on any atom is 0.312 e. The number of aliphatic hydroxyl groups excluding tert-OH is 1. The van der Waals surface area contributed by atoms with Gasteiger partial charge in [0.05, 0.1) is 18.1 Å². The number of aliphatic hydroxyl groups is 1. The van der Waals surface area contributed by atoms with Crippen LogP contribution < -0.4 is 0 Å². The average molecular weight is 270 g/mol. The number of rotatable bonds is 8. The van der Waals surface area contributed by atoms with Gasteiger partial charge in [0.15, 0.2) is 0 Å². The summed E-state index contributed by atoms with van der Waals surface area (Å²) in [4.78, 5) is 12.3. The lowest BCUT2D eigenvalue weighted by atomic mass is 9.71. The lowest BCUT2D eigenvalue weighted by molar-refractivity contribution is -0.159. The van der Waals surface area contributed by atoms with Crippen molar-refractivity contribution in [1.82, 2.24) is 0 Å². The van der Waals surface area contributed by atoms with E-state index in [4.69, 9.17) is 4.74 Å². The smallest absolute Gasteiger partial charge is 0.312 e. The van der Waals surface area contributed by atoms with E-state index >= 15 is 0 Å². The SMILES string of the molecule is C=CC[C@@](CCC)(C[C@H](O)C(C)(C)C)C(=O)OCC. The van der Waals surface area contributed by atoms with Crippen LogP contribution in [-0.4, -0.2) is 23.8 Å². The standard InChI is InChI=1S/C16H30O3/c1-7-10-16(11-8-2,14(18)19-9-3)12-13(17)15(4,5)6/h7,13,17H,1,8-12H2,2-6H3/t13-,16+/m0/s1. The normalized spacial score (nSPS) is 16.5. The number of esters is 1. The summed E-state index contributed by atoms with van der Waals surface area (Å²) < 4.78 is 5.23. The Balaban J connectivity index is 5.21. The number of carbonyl (C=O) groups is 1. The zero-order valence-corrected chi connectivity index (χ0v) is 13.2. The Morgan fingerprint density at radius 2 is 1.95 bits per heavy atom. The van der Waals surface area contributed by atoms with Crippen molar-refractivity contribution < 1.29 is 14.6 Å². The van der Waals surface area contributed by atoms with Gasteiger partial charge in [-0.25, -0.2) is 0 Å². The van der Waals surface area contributed by atoms with Crippen molar-refractivity contribution in [3.8, 4) is 0 Å². The van der Waals surface area contributed by atoms with E-state index in [2.05, 4.69) is 6.58 Å². The molecule has 0 aliphatic rings. The molecule has 3 heteroatoms. The first-order valence-electron chi connectivity index (χ1n) is 7.19. The number of ether oxygens (including phenoxy) is 1. The van der Waals surface area contributed by atoms with E-state index in [0.717, 1.165) is 6.42 Å². The lowest BCUT2D eigenvalue weighted by Crippen LogP contribution is -2.40. The van der Waals surface area contributed by atoms with Crippen LogP contribution in [0.2, 0.25) is 0 Å². The third-order valence-electron chi connectivity index (χ3n) is 3.56. The molecule has 0 rings (SSSR count). The van der Waals surface area contributed by atoms with Gasteiger partial charge in [-0.15, -0.1) is 6.58 Å². The number of carbonyl (C=O) groups excluding carboxylic acids is 1. The average Bonchev–Trinajstić information content (AvgIpc) is 2.28. The van der Waals surface area contributed by atoms with E-state index in [1.807, 2.05) is 34.6 Å². The molecule has 2 atom stereocenters. The van der Waals surface area contributed by atoms with Gasteiger partial charge in [-0.05, 0) is 31.6 Å². The van der Waals surface area contributed by atoms with Crippen LogP contribution in [0.15, 0.2) is 12.7 Å². The summed E-state index contributed by atoms with van der Waals surface area (Å²) in [6, 6.07) is 0. The molecule has 0 amide bonds. The first-order chi connectivity index (χ1) is 8.73. The van der Waals surface area contributed by atoms with Gasteiger partial charge in [0.25, 0.3) is 0 Å². The fourth-order valence-corrected chi connectivity index (χ4v) is 2.27. The molecule has 0 bridgehead atoms. The minimum Gasteiger partial charge on any atom is -0.466 e. The molecular weight excluding hydrogens is 240 g/mol. The van der Waals surface area contributed by atoms with E-state index in [0.29, 0.717) is 25.9 Å². The van der Waals surface area contributed by atoms with Crippen LogP contribution in [0.1, 0.15) is 60.3 Å². The molecule has 0 saturated carbocycles. The topological polar surface area (TPSA) is 46.5 Å². The molecule has 0 saturated heterocycles. The Morgan fingerprint density at radius 1 is 1.37 bits per heavy atom. The molecule has 1 N–H and O–H groups in total. The number of allylic oxidation sites excluding steroid dienone is 1. The highest BCUT2D eigenvalue weighted by Gasteiger charge is 2.42. The van der Waals surface area contributed by atoms with Gasteiger partial charge in [0.2, 0.25) is 0 Å². The molecule has 19 heavy (non-hydrogen) atoms. The molecular formula is C16H30O3. The zero-order chi connectivity index (χ0) is 15.1. The van der Waals surface area contributed by atoms with Crippen LogP contribution in [0.4, 0.5) is 0 Å². The van der Waals surface area contributed by atoms with Crippen LogP contribution in [0.3, 0.4) is 0 Å². The fraction of sp³-hybridized carbons (Fsp3) is 0.812. The molecule has 0 aromatic carbocycles. The van der Waals surface area contributed by atoms with Gasteiger partial charge in [0, 0.05) is 0 Å². The Hall–Kier alpha value is -0.830. The molecule has 0 fully saturated rings. The molecule has 0 unspecified atom stereocenters. The Morgan fingerprint density at radius 3 is 2.32 bits per heavy atom. The van der Waals surface area contributed by atoms with Crippen molar-refractivity contribution in [3.63, 3.8) is 0 Å². The summed E-state index contributed by atoms with van der Waals surface area (Å²) in [5.74, 6) is -0.208. The molecule has 3 nitrogen and oxygen atoms in total. The zero-order valence-electron chi connectivity index (χ0n) is 13.2. The van der Waals surface area contributed by atoms with E-state index in [-0.39, 0.29) is 11.4 Å². The summed E-state index contributed by atoms with van der Waals surface area (Å²) in [6.45, 7) is 13.9. The Labute approximate surface area is 118 Å². The van der Waals surface area contributed by atoms with Gasteiger partial charge < -0.3 is 9.84 Å². The molecule has 0 aliphatic heterocycles. The number of hydrogen-bond acceptors (Lipinski definition) is 3. The van der Waals surface area contributed by atoms with Crippen LogP contribution in [0, 0.1) is 10.8 Å². The van der Waals surface area contributed by atoms with Crippen molar-refractivity contribution in [2.75, 3.05) is 6.61 Å². The summed E-state index contributed by atoms with van der Waals surface area (Å²) in [7, 11) is 0. The lowest BCUT2D eigenvalue weighted by Gasteiger charge is -2.36. The first kappa shape index (κ1) is 18.2. The van der Waals surface area contributed by atoms with E-state index in [1.165, 1.54) is 0 Å². The molecule has 0 aliphatic carbocycles. The van der Waals surface area contributed by atoms with Gasteiger partial charge in [0.1, 0.15) is 0 Å². The monoisotopic (exact) mass is 270 g/mol. The van der Waals surface area contributed by atoms with E-state index in [9.17, 15) is 9.90 Å². The highest BCUT2D eigenvalue weighted by atomic mass is 16.5. The van der Waals surface area contributed by atoms with Crippen LogP contribution >= 0.6 is 0 Å². The minimum atomic E-state index is -0.640. The first-order valence-corrected chi connectivity index (χ1v) is 7.19. The van der Waals surface area contributed by atoms with E-state index in [1.54, 1.807) is 6.08 Å². The summed E-state index contributed by atoms with van der Waals surface area (Å²) in [6.07, 6.45) is 3.78. The third kappa shape index (κ3) is 5.35. The molecule has 0 aromatic heterocycles. The van der Waals surface area contributed by atoms with Crippen molar-refractivity contribution in [2.45, 2.75) is 66.4 Å². The van der Waals surface area contributed by atoms with Crippen LogP contribution in [0.5, 0.6) is 0 Å². The van der Waals surface area contributed by atoms with Gasteiger partial charge in [-0.2, -0.15) is 0 Å². The summed E-state index contributed by atoms with van der Waals surface area (Å²) in [5.41, 5.74) is -0.883. The van der Waals surface area contributed by atoms with Crippen molar-refractivity contribution in [1.29, 1.82) is 0 Å². The second-order valence-electron chi connectivity index (χ2n) is 6.33. The highest BCUT2D eigenvalue weighted by molar-refractivity contribution is 5.77. The maximum atomic E-state index is 12.3. The molecule has 112 valence electrons. The Kier molecular flexibility index (Phi) is 7.35. The van der Waals surface area contributed by atoms with Crippen molar-refractivity contribution >= 4 is 5.97 Å². The van der Waals surface area contributed by atoms with Crippen molar-refractivity contribution in [3.05, 3.63) is 12.7 Å². The second-order valence-corrected chi connectivity index (χ2v) is 6.33. The quantitative estimate of drug-likeness (QED) is 0.540.